The van der Waals surface area contributed by atoms with Gasteiger partial charge in [0, 0.05) is 29.7 Å². The van der Waals surface area contributed by atoms with Crippen LogP contribution in [0.25, 0.3) is 0 Å². The zero-order valence-corrected chi connectivity index (χ0v) is 32.6. The van der Waals surface area contributed by atoms with Crippen molar-refractivity contribution in [1.82, 2.24) is 0 Å². The number of hydrogen-bond acceptors (Lipinski definition) is 12. The number of aldehydes is 3. The molecule has 1 saturated heterocycles. The summed E-state index contributed by atoms with van der Waals surface area (Å²) in [5, 5.41) is 0. The molecule has 0 amide bonds. The van der Waals surface area contributed by atoms with Gasteiger partial charge in [0.25, 0.3) is 0 Å². The highest BCUT2D eigenvalue weighted by Crippen LogP contribution is 2.34. The van der Waals surface area contributed by atoms with Crippen molar-refractivity contribution in [2.24, 2.45) is 5.92 Å². The van der Waals surface area contributed by atoms with Crippen molar-refractivity contribution in [3.05, 3.63) is 119 Å². The molecule has 56 heavy (non-hydrogen) atoms. The molecular weight excluding hydrogens is 720 g/mol. The van der Waals surface area contributed by atoms with Crippen molar-refractivity contribution in [3.63, 3.8) is 0 Å². The van der Waals surface area contributed by atoms with Gasteiger partial charge in [-0.2, -0.15) is 0 Å². The summed E-state index contributed by atoms with van der Waals surface area (Å²) in [4.78, 5) is 33.5. The zero-order valence-electron chi connectivity index (χ0n) is 32.6. The van der Waals surface area contributed by atoms with Gasteiger partial charge in [-0.15, -0.1) is 0 Å². The minimum atomic E-state index is -0.731. The predicted molar refractivity (Wildman–Crippen MR) is 210 cm³/mol. The summed E-state index contributed by atoms with van der Waals surface area (Å²) >= 11 is 0. The van der Waals surface area contributed by atoms with Gasteiger partial charge in [0.1, 0.15) is 36.5 Å². The smallest absolute Gasteiger partial charge is 0.186 e. The lowest BCUT2D eigenvalue weighted by molar-refractivity contribution is -0.298. The number of allylic oxidation sites excluding steroid dienone is 2. The Kier molecular flexibility index (Phi) is 18.5. The van der Waals surface area contributed by atoms with Gasteiger partial charge in [-0.1, -0.05) is 55.5 Å². The summed E-state index contributed by atoms with van der Waals surface area (Å²) in [7, 11) is 6.25. The Morgan fingerprint density at radius 1 is 0.607 bits per heavy atom. The molecule has 5 atom stereocenters. The van der Waals surface area contributed by atoms with Crippen LogP contribution < -0.4 is 18.9 Å². The molecular formula is C44H52O12. The van der Waals surface area contributed by atoms with E-state index in [0.29, 0.717) is 59.1 Å². The Morgan fingerprint density at radius 3 is 1.66 bits per heavy atom. The van der Waals surface area contributed by atoms with Crippen LogP contribution in [0.15, 0.2) is 91.2 Å². The lowest BCUT2D eigenvalue weighted by atomic mass is 9.86. The van der Waals surface area contributed by atoms with Crippen LogP contribution in [0.3, 0.4) is 0 Å². The quantitative estimate of drug-likeness (QED) is 0.0409. The first kappa shape index (κ1) is 43.6. The van der Waals surface area contributed by atoms with E-state index in [0.717, 1.165) is 36.4 Å². The molecule has 0 saturated carbocycles. The fourth-order valence-corrected chi connectivity index (χ4v) is 6.36. The monoisotopic (exact) mass is 772 g/mol. The Morgan fingerprint density at radius 2 is 1.14 bits per heavy atom. The van der Waals surface area contributed by atoms with E-state index in [2.05, 4.69) is 6.92 Å². The minimum Gasteiger partial charge on any atom is -0.496 e. The molecule has 0 N–H and O–H groups in total. The van der Waals surface area contributed by atoms with Gasteiger partial charge in [0.2, 0.25) is 0 Å². The van der Waals surface area contributed by atoms with Crippen molar-refractivity contribution >= 4 is 18.9 Å². The van der Waals surface area contributed by atoms with Crippen LogP contribution in [0.4, 0.5) is 0 Å². The van der Waals surface area contributed by atoms with Gasteiger partial charge in [0.15, 0.2) is 17.8 Å². The van der Waals surface area contributed by atoms with E-state index < -0.39 is 18.5 Å². The summed E-state index contributed by atoms with van der Waals surface area (Å²) in [5.41, 5.74) is 3.48. The van der Waals surface area contributed by atoms with Gasteiger partial charge in [-0.25, -0.2) is 0 Å². The molecule has 1 aliphatic heterocycles. The van der Waals surface area contributed by atoms with Crippen LogP contribution in [0.5, 0.6) is 23.0 Å². The number of hydrogen-bond donors (Lipinski definition) is 0. The lowest BCUT2D eigenvalue weighted by Crippen LogP contribution is -2.58. The standard InChI is InChI=1S/C44H52O12/c1-6-36-41(30-52-20-11-23-53-37-19-16-33(29-47)26-40(37)50-4)56-44(51-5)43(55-22-10-8-13-35-18-15-32(28-46)25-39(35)49-3)42(36)54-21-9-7-12-34-17-14-31(27-45)24-38(34)48-2/h7-11,14-19,23-29,36,41-44H,6,12-13,20-22,30H2,1-5H3/b9-7+,10-8+,23-11+/t36-,41?,42+,43?,44-/m1/s1. The third kappa shape index (κ3) is 12.5. The van der Waals surface area contributed by atoms with Crippen LogP contribution in [0, 0.1) is 5.92 Å². The van der Waals surface area contributed by atoms with E-state index in [1.807, 2.05) is 36.4 Å². The van der Waals surface area contributed by atoms with Crippen LogP contribution in [0.2, 0.25) is 0 Å². The molecule has 0 spiro atoms. The lowest BCUT2D eigenvalue weighted by Gasteiger charge is -2.45. The normalized spacial score (nSPS) is 19.7. The molecule has 12 heteroatoms. The molecule has 1 fully saturated rings. The number of ether oxygens (including phenoxy) is 9. The Bertz CT molecular complexity index is 1780. The molecule has 4 rings (SSSR count). The molecule has 3 aromatic rings. The third-order valence-electron chi connectivity index (χ3n) is 9.29. The van der Waals surface area contributed by atoms with E-state index in [1.165, 1.54) is 13.4 Å². The molecule has 300 valence electrons. The van der Waals surface area contributed by atoms with E-state index in [9.17, 15) is 14.4 Å². The number of methoxy groups -OCH3 is 4. The number of carbonyl (C=O) groups is 3. The Hall–Kier alpha value is -5.11. The first-order valence-corrected chi connectivity index (χ1v) is 18.4. The fourth-order valence-electron chi connectivity index (χ4n) is 6.36. The maximum Gasteiger partial charge on any atom is 0.186 e. The van der Waals surface area contributed by atoms with E-state index in [-0.39, 0.29) is 31.8 Å². The van der Waals surface area contributed by atoms with Crippen molar-refractivity contribution in [3.8, 4) is 23.0 Å². The summed E-state index contributed by atoms with van der Waals surface area (Å²) in [6.07, 6.45) is 13.3. The summed E-state index contributed by atoms with van der Waals surface area (Å²) in [6, 6.07) is 15.6. The minimum absolute atomic E-state index is 0.0961. The highest BCUT2D eigenvalue weighted by atomic mass is 16.7. The third-order valence-corrected chi connectivity index (χ3v) is 9.29. The van der Waals surface area contributed by atoms with Gasteiger partial charge >= 0.3 is 0 Å². The highest BCUT2D eigenvalue weighted by molar-refractivity contribution is 5.77. The van der Waals surface area contributed by atoms with Crippen LogP contribution in [-0.4, -0.2) is 98.3 Å². The predicted octanol–water partition coefficient (Wildman–Crippen LogP) is 6.82. The maximum atomic E-state index is 11.2. The second-order valence-electron chi connectivity index (χ2n) is 12.7. The van der Waals surface area contributed by atoms with Gasteiger partial charge in [-0.3, -0.25) is 14.4 Å². The SMILES string of the molecule is CC[C@@H]1C(COC/C=C/Oc2ccc(C=O)cc2OC)O[C@@H](OC)C(OC/C=C/Cc2ccc(C=O)cc2OC)[C@H]1OC/C=C/Cc1ccc(C=O)cc1OC. The average molecular weight is 773 g/mol. The molecule has 0 aromatic heterocycles. The fraction of sp³-hybridized carbons (Fsp3) is 0.386. The van der Waals surface area contributed by atoms with E-state index in [1.54, 1.807) is 69.9 Å². The molecule has 1 heterocycles. The summed E-state index contributed by atoms with van der Waals surface area (Å²) in [6.45, 7) is 3.18. The molecule has 2 unspecified atom stereocenters. The number of benzene rings is 3. The largest absolute Gasteiger partial charge is 0.496 e. The molecule has 0 radical (unpaired) electrons. The maximum absolute atomic E-state index is 11.2. The average Bonchev–Trinajstić information content (AvgIpc) is 3.24. The number of rotatable bonds is 24. The second kappa shape index (κ2) is 23.7. The Balaban J connectivity index is 1.41. The first-order chi connectivity index (χ1) is 27.4. The van der Waals surface area contributed by atoms with Crippen molar-refractivity contribution in [2.45, 2.75) is 50.8 Å². The van der Waals surface area contributed by atoms with Gasteiger partial charge in [-0.05, 0) is 66.8 Å². The second-order valence-corrected chi connectivity index (χ2v) is 12.7. The van der Waals surface area contributed by atoms with Crippen molar-refractivity contribution in [1.29, 1.82) is 0 Å². The van der Waals surface area contributed by atoms with Crippen molar-refractivity contribution in [2.75, 3.05) is 54.9 Å². The topological polar surface area (TPSA) is 134 Å². The van der Waals surface area contributed by atoms with Crippen molar-refractivity contribution < 1.29 is 57.0 Å². The highest BCUT2D eigenvalue weighted by Gasteiger charge is 2.46. The zero-order chi connectivity index (χ0) is 40.1. The summed E-state index contributed by atoms with van der Waals surface area (Å²) in [5.74, 6) is 2.11. The van der Waals surface area contributed by atoms with Gasteiger partial charge in [0.05, 0.1) is 66.2 Å². The Labute approximate surface area is 328 Å². The van der Waals surface area contributed by atoms with Crippen LogP contribution >= 0.6 is 0 Å². The van der Waals surface area contributed by atoms with Gasteiger partial charge < -0.3 is 42.6 Å². The number of carbonyl (C=O) groups excluding carboxylic acids is 3. The van der Waals surface area contributed by atoms with E-state index in [4.69, 9.17) is 42.6 Å². The molecule has 0 bridgehead atoms. The molecule has 1 aliphatic rings. The molecule has 0 aliphatic carbocycles. The summed E-state index contributed by atoms with van der Waals surface area (Å²) < 4.78 is 53.2. The first-order valence-electron chi connectivity index (χ1n) is 18.4. The van der Waals surface area contributed by atoms with Crippen LogP contribution in [-0.2, 0) is 36.5 Å². The van der Waals surface area contributed by atoms with E-state index >= 15 is 0 Å². The molecule has 12 nitrogen and oxygen atoms in total. The van der Waals surface area contributed by atoms with Crippen LogP contribution in [0.1, 0.15) is 55.5 Å². The molecule has 3 aromatic carbocycles.